The van der Waals surface area contributed by atoms with Crippen LogP contribution in [-0.2, 0) is 0 Å². The molecule has 2 rings (SSSR count). The van der Waals surface area contributed by atoms with Gasteiger partial charge in [-0.05, 0) is 24.9 Å². The second kappa shape index (κ2) is 3.75. The summed E-state index contributed by atoms with van der Waals surface area (Å²) in [4.78, 5) is 4.18. The van der Waals surface area contributed by atoms with Gasteiger partial charge in [0.2, 0.25) is 5.88 Å². The zero-order valence-corrected chi connectivity index (χ0v) is 7.79. The van der Waals surface area contributed by atoms with Gasteiger partial charge >= 0.3 is 0 Å². The van der Waals surface area contributed by atoms with Crippen molar-refractivity contribution in [2.75, 3.05) is 13.7 Å². The molecule has 1 aliphatic rings. The molecule has 0 aliphatic carbocycles. The molecule has 70 valence electrons. The summed E-state index contributed by atoms with van der Waals surface area (Å²) in [6, 6.07) is 4.49. The molecule has 2 heterocycles. The molecule has 3 nitrogen and oxygen atoms in total. The third-order valence-electron chi connectivity index (χ3n) is 2.43. The fraction of sp³-hybridized carbons (Fsp3) is 0.500. The summed E-state index contributed by atoms with van der Waals surface area (Å²) in [5.74, 6) is 0.682. The van der Waals surface area contributed by atoms with Crippen LogP contribution in [0.3, 0.4) is 0 Å². The van der Waals surface area contributed by atoms with Gasteiger partial charge in [-0.15, -0.1) is 0 Å². The van der Waals surface area contributed by atoms with E-state index >= 15 is 0 Å². The summed E-state index contributed by atoms with van der Waals surface area (Å²) in [6.07, 6.45) is 4.37. The van der Waals surface area contributed by atoms with E-state index in [-0.39, 0.29) is 0 Å². The molecule has 1 aromatic rings. The van der Waals surface area contributed by atoms with Gasteiger partial charge in [0.05, 0.1) is 7.11 Å². The lowest BCUT2D eigenvalue weighted by Crippen LogP contribution is -2.12. The van der Waals surface area contributed by atoms with E-state index in [2.05, 4.69) is 16.4 Å². The monoisotopic (exact) mass is 178 g/mol. The van der Waals surface area contributed by atoms with Crippen LogP contribution in [0.1, 0.15) is 24.4 Å². The smallest absolute Gasteiger partial charge is 0.212 e. The lowest BCUT2D eigenvalue weighted by molar-refractivity contribution is 0.397. The largest absolute Gasteiger partial charge is 0.481 e. The highest BCUT2D eigenvalue weighted by atomic mass is 16.5. The molecule has 3 heteroatoms. The Hall–Kier alpha value is -1.09. The van der Waals surface area contributed by atoms with Gasteiger partial charge in [0.15, 0.2) is 0 Å². The standard InChI is InChI=1S/C10H14N2O/c1-13-10-5-4-8(7-12-10)9-3-2-6-11-9/h4-5,7,9,11H,2-3,6H2,1H3/t9-/m0/s1. The molecule has 1 aromatic heterocycles. The third-order valence-corrected chi connectivity index (χ3v) is 2.43. The van der Waals surface area contributed by atoms with Crippen LogP contribution in [0.4, 0.5) is 0 Å². The first kappa shape index (κ1) is 8.51. The van der Waals surface area contributed by atoms with Crippen LogP contribution in [0.5, 0.6) is 5.88 Å². The highest BCUT2D eigenvalue weighted by Gasteiger charge is 2.15. The van der Waals surface area contributed by atoms with E-state index in [4.69, 9.17) is 4.74 Å². The van der Waals surface area contributed by atoms with Crippen molar-refractivity contribution >= 4 is 0 Å². The Bertz CT molecular complexity index is 265. The molecule has 1 atom stereocenters. The van der Waals surface area contributed by atoms with Gasteiger partial charge in [-0.25, -0.2) is 4.98 Å². The molecule has 0 unspecified atom stereocenters. The molecule has 0 spiro atoms. The topological polar surface area (TPSA) is 34.1 Å². The van der Waals surface area contributed by atoms with Crippen molar-refractivity contribution in [1.29, 1.82) is 0 Å². The molecule has 13 heavy (non-hydrogen) atoms. The SMILES string of the molecule is COc1ccc([C@@H]2CCCN2)cn1. The minimum Gasteiger partial charge on any atom is -0.481 e. The fourth-order valence-electron chi connectivity index (χ4n) is 1.69. The van der Waals surface area contributed by atoms with E-state index in [0.717, 1.165) is 6.54 Å². The molecule has 1 aliphatic heterocycles. The van der Waals surface area contributed by atoms with E-state index < -0.39 is 0 Å². The van der Waals surface area contributed by atoms with Gasteiger partial charge in [0, 0.05) is 18.3 Å². The van der Waals surface area contributed by atoms with Crippen molar-refractivity contribution in [3.8, 4) is 5.88 Å². The molecule has 1 N–H and O–H groups in total. The van der Waals surface area contributed by atoms with Crippen LogP contribution in [0, 0.1) is 0 Å². The van der Waals surface area contributed by atoms with Crippen LogP contribution < -0.4 is 10.1 Å². The number of methoxy groups -OCH3 is 1. The molecule has 0 saturated carbocycles. The number of pyridine rings is 1. The van der Waals surface area contributed by atoms with E-state index in [9.17, 15) is 0 Å². The Balaban J connectivity index is 2.12. The third kappa shape index (κ3) is 1.80. The molecule has 0 aromatic carbocycles. The van der Waals surface area contributed by atoms with Gasteiger partial charge in [-0.2, -0.15) is 0 Å². The summed E-state index contributed by atoms with van der Waals surface area (Å²) in [5, 5.41) is 3.43. The molecule has 0 radical (unpaired) electrons. The second-order valence-electron chi connectivity index (χ2n) is 3.28. The number of rotatable bonds is 2. The van der Waals surface area contributed by atoms with E-state index in [1.807, 2.05) is 12.3 Å². The van der Waals surface area contributed by atoms with Crippen molar-refractivity contribution in [2.24, 2.45) is 0 Å². The molecule has 1 saturated heterocycles. The minimum absolute atomic E-state index is 0.499. The fourth-order valence-corrected chi connectivity index (χ4v) is 1.69. The minimum atomic E-state index is 0.499. The molecular weight excluding hydrogens is 164 g/mol. The predicted molar refractivity (Wildman–Crippen MR) is 50.8 cm³/mol. The second-order valence-corrected chi connectivity index (χ2v) is 3.28. The van der Waals surface area contributed by atoms with Crippen LogP contribution in [-0.4, -0.2) is 18.6 Å². The Morgan fingerprint density at radius 1 is 1.54 bits per heavy atom. The van der Waals surface area contributed by atoms with E-state index in [0.29, 0.717) is 11.9 Å². The first-order valence-corrected chi connectivity index (χ1v) is 4.63. The molecule has 1 fully saturated rings. The summed E-state index contributed by atoms with van der Waals surface area (Å²) < 4.78 is 5.00. The Morgan fingerprint density at radius 3 is 3.00 bits per heavy atom. The summed E-state index contributed by atoms with van der Waals surface area (Å²) in [5.41, 5.74) is 1.26. The van der Waals surface area contributed by atoms with Crippen molar-refractivity contribution in [2.45, 2.75) is 18.9 Å². The number of hydrogen-bond acceptors (Lipinski definition) is 3. The number of ether oxygens (including phenoxy) is 1. The quantitative estimate of drug-likeness (QED) is 0.745. The normalized spacial score (nSPS) is 21.8. The average molecular weight is 178 g/mol. The zero-order valence-electron chi connectivity index (χ0n) is 7.79. The van der Waals surface area contributed by atoms with Gasteiger partial charge in [-0.3, -0.25) is 0 Å². The molecule has 0 amide bonds. The number of nitrogens with one attached hydrogen (secondary N) is 1. The maximum absolute atomic E-state index is 5.00. The summed E-state index contributed by atoms with van der Waals surface area (Å²) >= 11 is 0. The Morgan fingerprint density at radius 2 is 2.46 bits per heavy atom. The van der Waals surface area contributed by atoms with Crippen LogP contribution in [0.2, 0.25) is 0 Å². The van der Waals surface area contributed by atoms with Gasteiger partial charge in [-0.1, -0.05) is 6.07 Å². The number of nitrogens with zero attached hydrogens (tertiary/aromatic N) is 1. The summed E-state index contributed by atoms with van der Waals surface area (Å²) in [7, 11) is 1.63. The van der Waals surface area contributed by atoms with Crippen molar-refractivity contribution in [3.63, 3.8) is 0 Å². The maximum Gasteiger partial charge on any atom is 0.212 e. The van der Waals surface area contributed by atoms with Crippen molar-refractivity contribution in [1.82, 2.24) is 10.3 Å². The van der Waals surface area contributed by atoms with Gasteiger partial charge in [0.1, 0.15) is 0 Å². The van der Waals surface area contributed by atoms with Gasteiger partial charge < -0.3 is 10.1 Å². The van der Waals surface area contributed by atoms with Crippen molar-refractivity contribution in [3.05, 3.63) is 23.9 Å². The van der Waals surface area contributed by atoms with E-state index in [1.165, 1.54) is 18.4 Å². The van der Waals surface area contributed by atoms with Crippen molar-refractivity contribution < 1.29 is 4.74 Å². The first-order valence-electron chi connectivity index (χ1n) is 4.63. The highest BCUT2D eigenvalue weighted by molar-refractivity contribution is 5.21. The highest BCUT2D eigenvalue weighted by Crippen LogP contribution is 2.22. The van der Waals surface area contributed by atoms with Crippen LogP contribution in [0.25, 0.3) is 0 Å². The average Bonchev–Trinajstić information content (AvgIpc) is 2.71. The van der Waals surface area contributed by atoms with Crippen LogP contribution >= 0.6 is 0 Å². The van der Waals surface area contributed by atoms with Gasteiger partial charge in [0.25, 0.3) is 0 Å². The van der Waals surface area contributed by atoms with Crippen LogP contribution in [0.15, 0.2) is 18.3 Å². The Labute approximate surface area is 78.1 Å². The Kier molecular flexibility index (Phi) is 2.45. The van der Waals surface area contributed by atoms with E-state index in [1.54, 1.807) is 7.11 Å². The first-order chi connectivity index (χ1) is 6.40. The number of aromatic nitrogens is 1. The lowest BCUT2D eigenvalue weighted by atomic mass is 10.1. The lowest BCUT2D eigenvalue weighted by Gasteiger charge is -2.09. The summed E-state index contributed by atoms with van der Waals surface area (Å²) in [6.45, 7) is 1.12. The molecule has 0 bridgehead atoms. The maximum atomic E-state index is 5.00. The molecular formula is C10H14N2O. The number of hydrogen-bond donors (Lipinski definition) is 1. The zero-order chi connectivity index (χ0) is 9.10. The predicted octanol–water partition coefficient (Wildman–Crippen LogP) is 1.51.